The van der Waals surface area contributed by atoms with E-state index in [0.717, 1.165) is 43.3 Å². The van der Waals surface area contributed by atoms with Gasteiger partial charge in [0, 0.05) is 30.9 Å². The van der Waals surface area contributed by atoms with Gasteiger partial charge in [-0.1, -0.05) is 12.1 Å². The van der Waals surface area contributed by atoms with Gasteiger partial charge in [-0.05, 0) is 71.5 Å². The smallest absolute Gasteiger partial charge is 0.164 e. The van der Waals surface area contributed by atoms with Crippen molar-refractivity contribution in [1.82, 2.24) is 29.9 Å². The van der Waals surface area contributed by atoms with Crippen LogP contribution in [0.2, 0.25) is 0 Å². The maximum Gasteiger partial charge on any atom is 0.164 e. The van der Waals surface area contributed by atoms with E-state index >= 15 is 0 Å². The van der Waals surface area contributed by atoms with Gasteiger partial charge in [0.25, 0.3) is 0 Å². The van der Waals surface area contributed by atoms with Gasteiger partial charge < -0.3 is 10.6 Å². The lowest BCUT2D eigenvalue weighted by Crippen LogP contribution is -2.14. The molecule has 1 aliphatic rings. The average Bonchev–Trinajstić information content (AvgIpc) is 3.34. The number of aromatic nitrogens is 5. The topological polar surface area (TPSA) is 102 Å². The molecule has 0 spiro atoms. The first-order valence-electron chi connectivity index (χ1n) is 11.7. The van der Waals surface area contributed by atoms with Crippen molar-refractivity contribution in [3.8, 4) is 5.82 Å². The summed E-state index contributed by atoms with van der Waals surface area (Å²) in [5.41, 5.74) is 2.79. The third-order valence-corrected chi connectivity index (χ3v) is 5.56. The fraction of sp³-hybridized carbons (Fsp3) is 0.400. The van der Waals surface area contributed by atoms with Gasteiger partial charge in [0.1, 0.15) is 5.82 Å². The number of aryl methyl sites for hydroxylation is 1. The van der Waals surface area contributed by atoms with Crippen LogP contribution in [0.5, 0.6) is 0 Å². The molecule has 1 saturated heterocycles. The molecule has 4 rings (SSSR count). The summed E-state index contributed by atoms with van der Waals surface area (Å²) in [6, 6.07) is 6.30. The lowest BCUT2D eigenvalue weighted by molar-refractivity contribution is 0.112. The highest BCUT2D eigenvalue weighted by Crippen LogP contribution is 2.28. The molecule has 3 aromatic rings. The maximum atomic E-state index is 10.4. The Balaban J connectivity index is 0.000000229. The number of hydrogen-bond acceptors (Lipinski definition) is 7. The molecule has 4 heterocycles. The van der Waals surface area contributed by atoms with Crippen LogP contribution >= 0.6 is 0 Å². The van der Waals surface area contributed by atoms with Crippen molar-refractivity contribution in [2.45, 2.75) is 46.0 Å². The molecule has 0 aliphatic carbocycles. The zero-order valence-corrected chi connectivity index (χ0v) is 20.2. The fourth-order valence-electron chi connectivity index (χ4n) is 3.85. The van der Waals surface area contributed by atoms with Gasteiger partial charge in [-0.15, -0.1) is 0 Å². The number of carbonyl (C=O) groups excluding carboxylic acids is 1. The van der Waals surface area contributed by atoms with Crippen LogP contribution in [0.3, 0.4) is 0 Å². The second-order valence-corrected chi connectivity index (χ2v) is 8.09. The molecular weight excluding hydrogens is 428 g/mol. The normalized spacial score (nSPS) is 15.9. The number of nitrogens with zero attached hydrogens (tertiary/aromatic N) is 6. The lowest BCUT2D eigenvalue weighted by atomic mass is 9.97. The van der Waals surface area contributed by atoms with Crippen LogP contribution in [0.15, 0.2) is 41.7 Å². The van der Waals surface area contributed by atoms with Crippen molar-refractivity contribution in [2.75, 3.05) is 25.0 Å². The minimum Gasteiger partial charge on any atom is -0.370 e. The molecule has 3 aromatic heterocycles. The third-order valence-electron chi connectivity index (χ3n) is 5.56. The van der Waals surface area contributed by atoms with Crippen molar-refractivity contribution in [3.05, 3.63) is 53.5 Å². The summed E-state index contributed by atoms with van der Waals surface area (Å²) < 4.78 is 3.44. The molecule has 1 unspecified atom stereocenters. The standard InChI is InChI=1S/C17H25N5.C8H9N3O/c1-3-19-17-11-15(14-5-4-9-18-10-8-14)21-22(17)16-7-6-13(2)12-20-16;1-3-4-11-8(9-2)7(6-12)5-10-11/h6-7,11-12,14,18-19H,3-5,8-10H2,1-2H3;3-6H,2H2,1H3/b;4-3-. The van der Waals surface area contributed by atoms with Crippen LogP contribution in [-0.2, 0) is 0 Å². The van der Waals surface area contributed by atoms with Gasteiger partial charge in [0.05, 0.1) is 17.5 Å². The largest absolute Gasteiger partial charge is 0.370 e. The van der Waals surface area contributed by atoms with Crippen molar-refractivity contribution >= 4 is 30.8 Å². The number of aliphatic imine (C=N–C) groups is 1. The maximum absolute atomic E-state index is 10.4. The molecule has 2 N–H and O–H groups in total. The van der Waals surface area contributed by atoms with E-state index in [-0.39, 0.29) is 0 Å². The Morgan fingerprint density at radius 2 is 2.15 bits per heavy atom. The average molecular weight is 463 g/mol. The monoisotopic (exact) mass is 462 g/mol. The summed E-state index contributed by atoms with van der Waals surface area (Å²) in [5.74, 6) is 2.92. The number of rotatable bonds is 7. The number of allylic oxidation sites excluding steroid dienone is 1. The summed E-state index contributed by atoms with van der Waals surface area (Å²) in [5, 5.41) is 15.6. The van der Waals surface area contributed by atoms with Gasteiger partial charge in [0.15, 0.2) is 17.9 Å². The number of nitrogens with one attached hydrogen (secondary N) is 2. The molecule has 0 aromatic carbocycles. The predicted octanol–water partition coefficient (Wildman–Crippen LogP) is 4.38. The molecule has 0 radical (unpaired) electrons. The minimum atomic E-state index is 0.447. The van der Waals surface area contributed by atoms with E-state index < -0.39 is 0 Å². The van der Waals surface area contributed by atoms with Crippen LogP contribution in [0.25, 0.3) is 12.0 Å². The van der Waals surface area contributed by atoms with Gasteiger partial charge in [-0.2, -0.15) is 14.9 Å². The minimum absolute atomic E-state index is 0.447. The second-order valence-electron chi connectivity index (χ2n) is 8.09. The van der Waals surface area contributed by atoms with E-state index in [1.807, 2.05) is 23.9 Å². The van der Waals surface area contributed by atoms with Crippen molar-refractivity contribution in [1.29, 1.82) is 0 Å². The molecule has 0 amide bonds. The summed E-state index contributed by atoms with van der Waals surface area (Å²) in [4.78, 5) is 18.6. The number of hydrogen-bond donors (Lipinski definition) is 2. The molecule has 1 fully saturated rings. The van der Waals surface area contributed by atoms with E-state index in [2.05, 4.69) is 58.4 Å². The Kier molecular flexibility index (Phi) is 9.28. The Morgan fingerprint density at radius 3 is 2.82 bits per heavy atom. The van der Waals surface area contributed by atoms with Crippen molar-refractivity contribution in [2.24, 2.45) is 4.99 Å². The number of carbonyl (C=O) groups is 1. The molecule has 0 bridgehead atoms. The molecule has 1 aliphatic heterocycles. The van der Waals surface area contributed by atoms with Crippen molar-refractivity contribution < 1.29 is 4.79 Å². The SMILES string of the molecule is C=Nc1c(C=O)cnn1/C=C\C.CCNc1cc(C2CCCNCC2)nn1-c1ccc(C)cn1. The van der Waals surface area contributed by atoms with Crippen molar-refractivity contribution in [3.63, 3.8) is 0 Å². The molecule has 180 valence electrons. The first-order valence-corrected chi connectivity index (χ1v) is 11.7. The molecular formula is C25H34N8O. The highest BCUT2D eigenvalue weighted by Gasteiger charge is 2.19. The van der Waals surface area contributed by atoms with E-state index in [1.165, 1.54) is 29.4 Å². The van der Waals surface area contributed by atoms with Gasteiger partial charge in [-0.25, -0.2) is 14.7 Å². The molecule has 9 heteroatoms. The van der Waals surface area contributed by atoms with Crippen LogP contribution in [-0.4, -0.2) is 57.2 Å². The first-order chi connectivity index (χ1) is 16.6. The zero-order valence-electron chi connectivity index (χ0n) is 20.2. The van der Waals surface area contributed by atoms with Gasteiger partial charge >= 0.3 is 0 Å². The van der Waals surface area contributed by atoms with Gasteiger partial charge in [-0.3, -0.25) is 4.79 Å². The van der Waals surface area contributed by atoms with E-state index in [9.17, 15) is 4.79 Å². The van der Waals surface area contributed by atoms with E-state index in [1.54, 1.807) is 12.3 Å². The Labute approximate surface area is 201 Å². The molecule has 9 nitrogen and oxygen atoms in total. The number of pyridine rings is 1. The summed E-state index contributed by atoms with van der Waals surface area (Å²) in [6.07, 6.45) is 11.1. The molecule has 34 heavy (non-hydrogen) atoms. The number of anilines is 1. The Bertz CT molecular complexity index is 1090. The van der Waals surface area contributed by atoms with E-state index in [4.69, 9.17) is 5.10 Å². The van der Waals surface area contributed by atoms with Crippen LogP contribution in [0.4, 0.5) is 11.6 Å². The lowest BCUT2D eigenvalue weighted by Gasteiger charge is -2.09. The highest BCUT2D eigenvalue weighted by molar-refractivity contribution is 5.82. The Hall–Kier alpha value is -3.59. The van der Waals surface area contributed by atoms with Gasteiger partial charge in [0.2, 0.25) is 0 Å². The first kappa shape index (κ1) is 25.0. The van der Waals surface area contributed by atoms with Crippen LogP contribution in [0.1, 0.15) is 60.6 Å². The summed E-state index contributed by atoms with van der Waals surface area (Å²) >= 11 is 0. The summed E-state index contributed by atoms with van der Waals surface area (Å²) in [7, 11) is 0. The number of aldehydes is 1. The van der Waals surface area contributed by atoms with Crippen LogP contribution < -0.4 is 10.6 Å². The highest BCUT2D eigenvalue weighted by atomic mass is 16.1. The van der Waals surface area contributed by atoms with Crippen LogP contribution in [0, 0.1) is 6.92 Å². The fourth-order valence-corrected chi connectivity index (χ4v) is 3.85. The molecule has 0 saturated carbocycles. The predicted molar refractivity (Wildman–Crippen MR) is 138 cm³/mol. The Morgan fingerprint density at radius 1 is 1.29 bits per heavy atom. The summed E-state index contributed by atoms with van der Waals surface area (Å²) in [6.45, 7) is 12.4. The zero-order chi connectivity index (χ0) is 24.3. The third kappa shape index (κ3) is 6.26. The quantitative estimate of drug-likeness (QED) is 0.399. The van der Waals surface area contributed by atoms with E-state index in [0.29, 0.717) is 23.6 Å². The molecule has 1 atom stereocenters. The second kappa shape index (κ2) is 12.6.